The maximum Gasteiger partial charge on any atom is 0.416 e. The number of methoxy groups -OCH3 is 1. The average molecular weight is 1350 g/mol. The number of unbranched alkanes of at least 4 members (excludes halogenated alkanes) is 2. The molecule has 6 amide bonds. The molecule has 5 atom stereocenters. The van der Waals surface area contributed by atoms with Crippen LogP contribution in [0, 0.1) is 36.0 Å². The largest absolute Gasteiger partial charge is 0.493 e. The first kappa shape index (κ1) is 69.4. The van der Waals surface area contributed by atoms with Gasteiger partial charge in [0, 0.05) is 92.6 Å². The summed E-state index contributed by atoms with van der Waals surface area (Å²) in [5, 5.41) is 17.5. The number of carbonyl (C=O) groups excluding carboxylic acids is 9. The van der Waals surface area contributed by atoms with E-state index in [1.807, 2.05) is 85.9 Å². The lowest BCUT2D eigenvalue weighted by atomic mass is 9.89. The third-order valence-corrected chi connectivity index (χ3v) is 19.9. The molecule has 6 aromatic carbocycles. The van der Waals surface area contributed by atoms with Gasteiger partial charge in [0.2, 0.25) is 17.7 Å². The predicted molar refractivity (Wildman–Crippen MR) is 375 cm³/mol. The van der Waals surface area contributed by atoms with Crippen molar-refractivity contribution in [3.8, 4) is 29.1 Å². The monoisotopic (exact) mass is 1350 g/mol. The average Bonchev–Trinajstić information content (AvgIpc) is 1.57. The first-order chi connectivity index (χ1) is 48.2. The number of ether oxygens (including phenoxy) is 4. The van der Waals surface area contributed by atoms with Crippen LogP contribution in [-0.2, 0) is 59.5 Å². The molecule has 1 saturated carbocycles. The van der Waals surface area contributed by atoms with Crippen LogP contribution in [0.1, 0.15) is 151 Å². The first-order valence-corrected chi connectivity index (χ1v) is 34.5. The van der Waals surface area contributed by atoms with Crippen LogP contribution in [0.15, 0.2) is 126 Å². The molecule has 2 fully saturated rings. The van der Waals surface area contributed by atoms with Gasteiger partial charge in [0.25, 0.3) is 11.8 Å². The zero-order valence-electron chi connectivity index (χ0n) is 57.0. The zero-order chi connectivity index (χ0) is 70.4. The number of fused-ring (bicyclic) bond motifs is 8. The van der Waals surface area contributed by atoms with E-state index in [9.17, 15) is 48.3 Å². The van der Waals surface area contributed by atoms with Crippen molar-refractivity contribution in [3.63, 3.8) is 0 Å². The van der Waals surface area contributed by atoms with Gasteiger partial charge < -0.3 is 44.5 Å². The Bertz CT molecular complexity index is 4300. The Morgan fingerprint density at radius 3 is 2.13 bits per heavy atom. The van der Waals surface area contributed by atoms with Crippen LogP contribution in [0.2, 0.25) is 0 Å². The van der Waals surface area contributed by atoms with E-state index < -0.39 is 47.9 Å². The van der Waals surface area contributed by atoms with Crippen LogP contribution in [0.3, 0.4) is 0 Å². The van der Waals surface area contributed by atoms with E-state index in [4.69, 9.17) is 23.9 Å². The molecule has 1 aliphatic carbocycles. The van der Waals surface area contributed by atoms with Crippen LogP contribution in [-0.4, -0.2) is 127 Å². The molecule has 100 heavy (non-hydrogen) atoms. The fourth-order valence-corrected chi connectivity index (χ4v) is 13.9. The van der Waals surface area contributed by atoms with Gasteiger partial charge in [-0.05, 0) is 128 Å². The number of aliphatic hydroxyl groups is 1. The van der Waals surface area contributed by atoms with Crippen molar-refractivity contribution in [2.24, 2.45) is 22.2 Å². The van der Waals surface area contributed by atoms with Crippen molar-refractivity contribution >= 4 is 81.9 Å². The Balaban J connectivity index is 0.587. The highest BCUT2D eigenvalue weighted by Crippen LogP contribution is 2.57. The molecule has 21 nitrogen and oxygen atoms in total. The molecule has 0 aromatic heterocycles. The maximum atomic E-state index is 14.4. The standard InChI is InChI=1S/C79H83N7O14/c1-48(2)60(38-59(88)44-81-72(90)29-27-58(87)28-30-73(91)83-45-56-18-8-7-15-53(56)25-26-54-16-9-11-19-64(54)83)74(92)82-50(4)68(89)36-51-21-23-52(24-22-51)46-100-78(96)86-66-41-69(49(3)35-62(66)75(93)84-47-79(31-32-79)42-67(84)77(86)95)98-33-13-6-14-34-99-71-40-63-61(39-70(71)97-5)76(94)85-57(43-80-63)37-55-17-10-12-20-65(55)85/h7-12,15-24,35,39-41,43,48,50,57,60,67,77,95H,6,13-14,27-34,36-38,42,44-47H2,1-5H3,(H,81,90)(H,82,92)/t50-,57-,60-,67-,77?/m0/s1. The van der Waals surface area contributed by atoms with Crippen molar-refractivity contribution in [1.82, 2.24) is 15.5 Å². The Hall–Kier alpha value is -10.5. The number of carbonyl (C=O) groups is 9. The highest BCUT2D eigenvalue weighted by molar-refractivity contribution is 6.15. The minimum Gasteiger partial charge on any atom is -0.493 e. The zero-order valence-corrected chi connectivity index (χ0v) is 57.0. The summed E-state index contributed by atoms with van der Waals surface area (Å²) in [6.45, 7) is 7.88. The number of hydrogen-bond donors (Lipinski definition) is 3. The van der Waals surface area contributed by atoms with Crippen molar-refractivity contribution in [3.05, 3.63) is 171 Å². The SMILES string of the molecule is COc1cc2c(cc1OCCCCCOc1cc3c(cc1C)C(=O)N1CC4(CC4)C[C@H]1C(O)N3C(=O)OCc1ccc(CC(=O)[C@H](C)NC(=O)[C@@H](CC(=O)CNC(=O)CCC(=O)CCC(=O)N3Cc4ccccc4C#Cc4ccccc43)C(C)C)cc1)N=C[C@@H]1Cc3ccccc3N1C2=O. The van der Waals surface area contributed by atoms with Gasteiger partial charge in [0.1, 0.15) is 18.1 Å². The molecule has 1 unspecified atom stereocenters. The van der Waals surface area contributed by atoms with Gasteiger partial charge in [-0.25, -0.2) is 9.69 Å². The summed E-state index contributed by atoms with van der Waals surface area (Å²) in [7, 11) is 1.54. The van der Waals surface area contributed by atoms with Crippen molar-refractivity contribution in [1.29, 1.82) is 0 Å². The fraction of sp³-hybridized carbons (Fsp3) is 0.392. The number of amides is 6. The van der Waals surface area contributed by atoms with Crippen molar-refractivity contribution < 1.29 is 67.2 Å². The second-order valence-corrected chi connectivity index (χ2v) is 27.3. The quantitative estimate of drug-likeness (QED) is 0.0320. The number of nitrogens with zero attached hydrogens (tertiary/aromatic N) is 5. The summed E-state index contributed by atoms with van der Waals surface area (Å²) in [4.78, 5) is 133. The number of aliphatic hydroxyl groups excluding tert-OH is 1. The van der Waals surface area contributed by atoms with Crippen LogP contribution in [0.25, 0.3) is 0 Å². The highest BCUT2D eigenvalue weighted by Gasteiger charge is 2.58. The molecule has 6 aromatic rings. The third kappa shape index (κ3) is 15.5. The van der Waals surface area contributed by atoms with Gasteiger partial charge in [-0.2, -0.15) is 0 Å². The Kier molecular flexibility index (Phi) is 21.1. The summed E-state index contributed by atoms with van der Waals surface area (Å²) in [6, 6.07) is 34.7. The molecular weight excluding hydrogens is 1270 g/mol. The Labute approximate surface area is 581 Å². The van der Waals surface area contributed by atoms with E-state index in [-0.39, 0.29) is 110 Å². The van der Waals surface area contributed by atoms with Gasteiger partial charge >= 0.3 is 6.09 Å². The van der Waals surface area contributed by atoms with Gasteiger partial charge in [0.05, 0.1) is 79.7 Å². The number of benzene rings is 6. The van der Waals surface area contributed by atoms with Crippen molar-refractivity contribution in [2.45, 2.75) is 149 Å². The Morgan fingerprint density at radius 1 is 0.710 bits per heavy atom. The van der Waals surface area contributed by atoms with Gasteiger partial charge in [0.15, 0.2) is 29.3 Å². The van der Waals surface area contributed by atoms with E-state index >= 15 is 0 Å². The minimum absolute atomic E-state index is 0.0413. The number of aliphatic imine (C=N–C) groups is 1. The van der Waals surface area contributed by atoms with Crippen LogP contribution >= 0.6 is 0 Å². The second-order valence-electron chi connectivity index (χ2n) is 27.3. The summed E-state index contributed by atoms with van der Waals surface area (Å²) in [5.74, 6) is 3.96. The number of Topliss-reactive ketones (excluding diaryl/α,β-unsaturated/α-hetero) is 3. The van der Waals surface area contributed by atoms with Gasteiger partial charge in [-0.15, -0.1) is 0 Å². The number of para-hydroxylation sites is 2. The lowest BCUT2D eigenvalue weighted by Gasteiger charge is -2.31. The minimum atomic E-state index is -1.42. The molecule has 12 rings (SSSR count). The molecule has 3 N–H and O–H groups in total. The van der Waals surface area contributed by atoms with E-state index in [1.54, 1.807) is 84.0 Å². The molecule has 518 valence electrons. The molecule has 21 heteroatoms. The predicted octanol–water partition coefficient (Wildman–Crippen LogP) is 10.4. The fourth-order valence-electron chi connectivity index (χ4n) is 13.9. The van der Waals surface area contributed by atoms with Gasteiger partial charge in [-0.1, -0.05) is 98.5 Å². The third-order valence-electron chi connectivity index (χ3n) is 19.9. The van der Waals surface area contributed by atoms with Gasteiger partial charge in [-0.3, -0.25) is 48.2 Å². The summed E-state index contributed by atoms with van der Waals surface area (Å²) in [6.07, 6.45) is 4.01. The number of anilines is 3. The van der Waals surface area contributed by atoms with Crippen molar-refractivity contribution in [2.75, 3.05) is 48.1 Å². The van der Waals surface area contributed by atoms with Crippen LogP contribution in [0.5, 0.6) is 17.2 Å². The number of hydrogen-bond acceptors (Lipinski definition) is 15. The molecule has 1 saturated heterocycles. The number of ketones is 3. The molecule has 5 aliphatic heterocycles. The normalized spacial score (nSPS) is 17.8. The van der Waals surface area contributed by atoms with Crippen LogP contribution < -0.4 is 39.5 Å². The molecule has 5 heterocycles. The summed E-state index contributed by atoms with van der Waals surface area (Å²) < 4.78 is 24.1. The highest BCUT2D eigenvalue weighted by atomic mass is 16.6. The number of aryl methyl sites for hydroxylation is 1. The lowest BCUT2D eigenvalue weighted by molar-refractivity contribution is -0.133. The molecular formula is C79H83N7O14. The van der Waals surface area contributed by atoms with E-state index in [0.29, 0.717) is 108 Å². The second kappa shape index (κ2) is 30.3. The van der Waals surface area contributed by atoms with E-state index in [2.05, 4.69) is 22.5 Å². The number of nitrogens with one attached hydrogen (secondary N) is 2. The lowest BCUT2D eigenvalue weighted by Crippen LogP contribution is -2.50. The van der Waals surface area contributed by atoms with Crippen LogP contribution in [0.4, 0.5) is 27.5 Å². The molecule has 1 spiro atoms. The number of rotatable bonds is 27. The molecule has 0 bridgehead atoms. The first-order valence-electron chi connectivity index (χ1n) is 34.5. The summed E-state index contributed by atoms with van der Waals surface area (Å²) >= 11 is 0. The molecule has 6 aliphatic rings. The summed E-state index contributed by atoms with van der Waals surface area (Å²) in [5.41, 5.74) is 8.24. The smallest absolute Gasteiger partial charge is 0.416 e. The topological polar surface area (TPSA) is 260 Å². The Morgan fingerprint density at radius 2 is 1.39 bits per heavy atom. The van der Waals surface area contributed by atoms with E-state index in [1.165, 1.54) is 12.0 Å². The molecule has 0 radical (unpaired) electrons. The maximum absolute atomic E-state index is 14.4. The van der Waals surface area contributed by atoms with E-state index in [0.717, 1.165) is 41.6 Å².